The van der Waals surface area contributed by atoms with E-state index in [0.29, 0.717) is 0 Å². The molecule has 1 heterocycles. The number of likely N-dealkylation sites (N-methyl/N-ethyl adjacent to an activating group) is 1. The van der Waals surface area contributed by atoms with Crippen LogP contribution in [0.2, 0.25) is 0 Å². The van der Waals surface area contributed by atoms with Crippen LogP contribution in [-0.4, -0.2) is 41.5 Å². The molecule has 1 aromatic rings. The van der Waals surface area contributed by atoms with E-state index in [-0.39, 0.29) is 0 Å². The van der Waals surface area contributed by atoms with Gasteiger partial charge in [0.15, 0.2) is 0 Å². The van der Waals surface area contributed by atoms with Gasteiger partial charge in [0.2, 0.25) is 0 Å². The van der Waals surface area contributed by atoms with Crippen LogP contribution in [0.4, 0.5) is 5.82 Å². The van der Waals surface area contributed by atoms with Crippen LogP contribution in [0.15, 0.2) is 0 Å². The highest BCUT2D eigenvalue weighted by molar-refractivity contribution is 5.45. The Morgan fingerprint density at radius 3 is 2.28 bits per heavy atom. The Morgan fingerprint density at radius 2 is 1.78 bits per heavy atom. The van der Waals surface area contributed by atoms with Crippen molar-refractivity contribution in [3.8, 4) is 0 Å². The van der Waals surface area contributed by atoms with Crippen LogP contribution in [0.25, 0.3) is 0 Å². The largest absolute Gasteiger partial charge is 0.373 e. The van der Waals surface area contributed by atoms with Crippen molar-refractivity contribution in [2.75, 3.05) is 32.0 Å². The molecule has 0 aliphatic rings. The van der Waals surface area contributed by atoms with Crippen molar-refractivity contribution in [1.29, 1.82) is 0 Å². The number of hydrogen-bond acceptors (Lipinski definition) is 4. The van der Waals surface area contributed by atoms with Crippen LogP contribution in [0.1, 0.15) is 37.9 Å². The molecule has 18 heavy (non-hydrogen) atoms. The minimum atomic E-state index is 0.920. The molecular weight excluding hydrogens is 224 g/mol. The van der Waals surface area contributed by atoms with Gasteiger partial charge in [-0.15, -0.1) is 0 Å². The maximum Gasteiger partial charge on any atom is 0.132 e. The van der Waals surface area contributed by atoms with Gasteiger partial charge in [-0.2, -0.15) is 0 Å². The molecule has 0 amide bonds. The predicted octanol–water partition coefficient (Wildman–Crippen LogP) is 2.27. The second-order valence-corrected chi connectivity index (χ2v) is 4.44. The molecule has 4 nitrogen and oxygen atoms in total. The summed E-state index contributed by atoms with van der Waals surface area (Å²) in [6.07, 6.45) is 1.88. The molecule has 0 aliphatic carbocycles. The molecule has 0 unspecified atom stereocenters. The number of anilines is 1. The molecule has 0 radical (unpaired) electrons. The summed E-state index contributed by atoms with van der Waals surface area (Å²) in [7, 11) is 1.92. The zero-order valence-electron chi connectivity index (χ0n) is 12.4. The molecule has 1 rings (SSSR count). The summed E-state index contributed by atoms with van der Waals surface area (Å²) >= 11 is 0. The van der Waals surface area contributed by atoms with Crippen molar-refractivity contribution < 1.29 is 0 Å². The molecule has 102 valence electrons. The van der Waals surface area contributed by atoms with Gasteiger partial charge in [0, 0.05) is 31.3 Å². The molecule has 0 bridgehead atoms. The third kappa shape index (κ3) is 3.67. The second-order valence-electron chi connectivity index (χ2n) is 4.44. The van der Waals surface area contributed by atoms with Gasteiger partial charge in [0.05, 0.1) is 0 Å². The fourth-order valence-corrected chi connectivity index (χ4v) is 2.11. The Bertz CT molecular complexity index is 347. The summed E-state index contributed by atoms with van der Waals surface area (Å²) in [6.45, 7) is 11.8. The van der Waals surface area contributed by atoms with E-state index in [1.54, 1.807) is 0 Å². The highest BCUT2D eigenvalue weighted by Gasteiger charge is 2.09. The fraction of sp³-hybridized carbons (Fsp3) is 0.714. The number of aromatic nitrogens is 2. The van der Waals surface area contributed by atoms with Crippen molar-refractivity contribution in [1.82, 2.24) is 14.9 Å². The monoisotopic (exact) mass is 250 g/mol. The van der Waals surface area contributed by atoms with Gasteiger partial charge in [-0.3, -0.25) is 0 Å². The van der Waals surface area contributed by atoms with Crippen molar-refractivity contribution in [3.63, 3.8) is 0 Å². The van der Waals surface area contributed by atoms with Crippen molar-refractivity contribution in [3.05, 3.63) is 17.1 Å². The molecule has 0 spiro atoms. The first-order valence-electron chi connectivity index (χ1n) is 6.92. The molecule has 1 N–H and O–H groups in total. The Hall–Kier alpha value is -1.16. The first kappa shape index (κ1) is 14.9. The highest BCUT2D eigenvalue weighted by Crippen LogP contribution is 2.15. The Labute approximate surface area is 111 Å². The van der Waals surface area contributed by atoms with Gasteiger partial charge in [-0.25, -0.2) is 9.97 Å². The lowest BCUT2D eigenvalue weighted by atomic mass is 10.2. The number of nitrogens with one attached hydrogen (secondary N) is 1. The zero-order valence-corrected chi connectivity index (χ0v) is 12.4. The zero-order chi connectivity index (χ0) is 13.5. The molecule has 4 heteroatoms. The van der Waals surface area contributed by atoms with E-state index in [1.807, 2.05) is 7.05 Å². The normalized spacial score (nSPS) is 11.0. The molecule has 0 aliphatic heterocycles. The maximum absolute atomic E-state index is 4.66. The van der Waals surface area contributed by atoms with Crippen LogP contribution < -0.4 is 5.32 Å². The molecule has 0 saturated heterocycles. The topological polar surface area (TPSA) is 41.1 Å². The first-order chi connectivity index (χ1) is 8.65. The van der Waals surface area contributed by atoms with Gasteiger partial charge in [-0.05, 0) is 26.4 Å². The summed E-state index contributed by atoms with van der Waals surface area (Å²) < 4.78 is 0. The molecule has 0 fully saturated rings. The van der Waals surface area contributed by atoms with Gasteiger partial charge >= 0.3 is 0 Å². The molecule has 0 atom stereocenters. The summed E-state index contributed by atoms with van der Waals surface area (Å²) in [5.41, 5.74) is 2.33. The predicted molar refractivity (Wildman–Crippen MR) is 77.2 cm³/mol. The number of aryl methyl sites for hydroxylation is 1. The number of nitrogens with zero attached hydrogens (tertiary/aromatic N) is 3. The van der Waals surface area contributed by atoms with E-state index in [1.165, 1.54) is 5.56 Å². The second kappa shape index (κ2) is 7.31. The third-order valence-electron chi connectivity index (χ3n) is 3.41. The van der Waals surface area contributed by atoms with Gasteiger partial charge in [0.1, 0.15) is 11.6 Å². The lowest BCUT2D eigenvalue weighted by Crippen LogP contribution is -2.26. The summed E-state index contributed by atoms with van der Waals surface area (Å²) in [5, 5.41) is 3.16. The number of rotatable bonds is 7. The maximum atomic E-state index is 4.66. The van der Waals surface area contributed by atoms with Crippen LogP contribution in [0.5, 0.6) is 0 Å². The Balaban J connectivity index is 2.82. The van der Waals surface area contributed by atoms with Gasteiger partial charge < -0.3 is 10.2 Å². The summed E-state index contributed by atoms with van der Waals surface area (Å²) in [6, 6.07) is 0. The SMILES string of the molecule is CCc1nc(CCN(CC)CC)nc(NC)c1C. The quantitative estimate of drug-likeness (QED) is 0.806. The highest BCUT2D eigenvalue weighted by atomic mass is 15.1. The van der Waals surface area contributed by atoms with E-state index in [0.717, 1.165) is 49.8 Å². The smallest absolute Gasteiger partial charge is 0.132 e. The molecule has 0 aromatic carbocycles. The molecule has 0 saturated carbocycles. The van der Waals surface area contributed by atoms with Crippen molar-refractivity contribution in [2.45, 2.75) is 40.5 Å². The lowest BCUT2D eigenvalue weighted by molar-refractivity contribution is 0.305. The average Bonchev–Trinajstić information content (AvgIpc) is 2.41. The minimum Gasteiger partial charge on any atom is -0.373 e. The molecular formula is C14H26N4. The first-order valence-corrected chi connectivity index (χ1v) is 6.92. The van der Waals surface area contributed by atoms with Gasteiger partial charge in [-0.1, -0.05) is 20.8 Å². The minimum absolute atomic E-state index is 0.920. The van der Waals surface area contributed by atoms with E-state index in [4.69, 9.17) is 0 Å². The van der Waals surface area contributed by atoms with E-state index < -0.39 is 0 Å². The third-order valence-corrected chi connectivity index (χ3v) is 3.41. The van der Waals surface area contributed by atoms with Crippen LogP contribution in [0, 0.1) is 6.92 Å². The molecule has 1 aromatic heterocycles. The summed E-state index contributed by atoms with van der Waals surface area (Å²) in [4.78, 5) is 11.6. The van der Waals surface area contributed by atoms with E-state index in [2.05, 4.69) is 47.9 Å². The van der Waals surface area contributed by atoms with Gasteiger partial charge in [0.25, 0.3) is 0 Å². The number of hydrogen-bond donors (Lipinski definition) is 1. The Morgan fingerprint density at radius 1 is 1.11 bits per heavy atom. The lowest BCUT2D eigenvalue weighted by Gasteiger charge is -2.18. The summed E-state index contributed by atoms with van der Waals surface area (Å²) in [5.74, 6) is 1.92. The van der Waals surface area contributed by atoms with Crippen LogP contribution in [-0.2, 0) is 12.8 Å². The van der Waals surface area contributed by atoms with E-state index >= 15 is 0 Å². The van der Waals surface area contributed by atoms with Crippen LogP contribution in [0.3, 0.4) is 0 Å². The average molecular weight is 250 g/mol. The fourth-order valence-electron chi connectivity index (χ4n) is 2.11. The van der Waals surface area contributed by atoms with E-state index in [9.17, 15) is 0 Å². The Kier molecular flexibility index (Phi) is 6.05. The van der Waals surface area contributed by atoms with Crippen molar-refractivity contribution >= 4 is 5.82 Å². The standard InChI is InChI=1S/C14H26N4/c1-6-12-11(4)14(15-5)17-13(16-12)9-10-18(7-2)8-3/h6-10H2,1-5H3,(H,15,16,17). The van der Waals surface area contributed by atoms with Crippen LogP contribution >= 0.6 is 0 Å². The van der Waals surface area contributed by atoms with Crippen molar-refractivity contribution in [2.24, 2.45) is 0 Å².